The lowest BCUT2D eigenvalue weighted by Crippen LogP contribution is -2.03. The van der Waals surface area contributed by atoms with Gasteiger partial charge in [-0.2, -0.15) is 0 Å². The zero-order chi connectivity index (χ0) is 32.1. The van der Waals surface area contributed by atoms with E-state index >= 15 is 0 Å². The Kier molecular flexibility index (Phi) is 5.35. The summed E-state index contributed by atoms with van der Waals surface area (Å²) < 4.78 is 6.79. The van der Waals surface area contributed by atoms with E-state index in [1.807, 2.05) is 30.3 Å². The van der Waals surface area contributed by atoms with Crippen LogP contribution in [0, 0.1) is 0 Å². The van der Waals surface area contributed by atoms with Crippen molar-refractivity contribution in [2.45, 2.75) is 0 Å². The minimum absolute atomic E-state index is 0.578. The predicted molar refractivity (Wildman–Crippen MR) is 201 cm³/mol. The molecule has 9 aromatic carbocycles. The minimum atomic E-state index is 0.578. The number of aromatic nitrogens is 3. The summed E-state index contributed by atoms with van der Waals surface area (Å²) >= 11 is 0. The Hall–Kier alpha value is -6.65. The molecule has 0 bridgehead atoms. The van der Waals surface area contributed by atoms with Gasteiger partial charge in [-0.3, -0.25) is 0 Å². The van der Waals surface area contributed by atoms with Gasteiger partial charge >= 0.3 is 0 Å². The van der Waals surface area contributed by atoms with Crippen LogP contribution in [-0.2, 0) is 0 Å². The molecule has 0 saturated carbocycles. The fourth-order valence-electron chi connectivity index (χ4n) is 7.73. The van der Waals surface area contributed by atoms with Gasteiger partial charge < -0.3 is 4.74 Å². The zero-order valence-corrected chi connectivity index (χ0v) is 26.2. The number of fused-ring (bicyclic) bond motifs is 5. The average molecular weight is 624 g/mol. The molecule has 1 aliphatic heterocycles. The minimum Gasteiger partial charge on any atom is -0.455 e. The Morgan fingerprint density at radius 3 is 1.78 bits per heavy atom. The largest absolute Gasteiger partial charge is 0.455 e. The molecule has 10 aromatic rings. The third-order valence-corrected chi connectivity index (χ3v) is 10.0. The Morgan fingerprint density at radius 2 is 0.939 bits per heavy atom. The lowest BCUT2D eigenvalue weighted by atomic mass is 9.92. The van der Waals surface area contributed by atoms with Crippen molar-refractivity contribution in [1.82, 2.24) is 15.0 Å². The van der Waals surface area contributed by atoms with Crippen LogP contribution < -0.4 is 4.74 Å². The molecule has 4 nitrogen and oxygen atoms in total. The maximum atomic E-state index is 6.79. The molecule has 11 rings (SSSR count). The molecule has 49 heavy (non-hydrogen) atoms. The molecule has 0 unspecified atom stereocenters. The van der Waals surface area contributed by atoms with E-state index in [2.05, 4.69) is 121 Å². The summed E-state index contributed by atoms with van der Waals surface area (Å²) in [5.41, 5.74) is 2.70. The van der Waals surface area contributed by atoms with Crippen LogP contribution >= 0.6 is 0 Å². The van der Waals surface area contributed by atoms with Crippen LogP contribution in [0.4, 0.5) is 0 Å². The third kappa shape index (κ3) is 3.89. The molecule has 4 heteroatoms. The van der Waals surface area contributed by atoms with Crippen molar-refractivity contribution < 1.29 is 4.74 Å². The Morgan fingerprint density at radius 1 is 0.347 bits per heavy atom. The molecule has 1 aromatic heterocycles. The van der Waals surface area contributed by atoms with Crippen LogP contribution in [0.2, 0.25) is 0 Å². The van der Waals surface area contributed by atoms with E-state index in [0.717, 1.165) is 49.7 Å². The maximum absolute atomic E-state index is 6.79. The molecule has 0 spiro atoms. The Bertz CT molecular complexity index is 3020. The van der Waals surface area contributed by atoms with Crippen LogP contribution in [0.1, 0.15) is 0 Å². The van der Waals surface area contributed by atoms with Crippen molar-refractivity contribution in [3.8, 4) is 45.7 Å². The van der Waals surface area contributed by atoms with Crippen LogP contribution in [0.5, 0.6) is 11.5 Å². The van der Waals surface area contributed by atoms with Gasteiger partial charge in [-0.1, -0.05) is 133 Å². The van der Waals surface area contributed by atoms with Gasteiger partial charge in [0.1, 0.15) is 11.5 Å². The van der Waals surface area contributed by atoms with Crippen molar-refractivity contribution in [2.24, 2.45) is 0 Å². The smallest absolute Gasteiger partial charge is 0.167 e. The van der Waals surface area contributed by atoms with E-state index in [0.29, 0.717) is 17.5 Å². The number of rotatable bonds is 3. The quantitative estimate of drug-likeness (QED) is 0.184. The molecule has 0 N–H and O–H groups in total. The number of benzene rings is 9. The summed E-state index contributed by atoms with van der Waals surface area (Å²) in [5.74, 6) is 3.45. The van der Waals surface area contributed by atoms with Gasteiger partial charge in [-0.05, 0) is 66.7 Å². The van der Waals surface area contributed by atoms with E-state index in [9.17, 15) is 0 Å². The summed E-state index contributed by atoms with van der Waals surface area (Å²) in [6.45, 7) is 0. The van der Waals surface area contributed by atoms with Crippen molar-refractivity contribution in [1.29, 1.82) is 0 Å². The second kappa shape index (κ2) is 9.93. The first-order valence-electron chi connectivity index (χ1n) is 16.5. The normalized spacial score (nSPS) is 12.2. The van der Waals surface area contributed by atoms with Gasteiger partial charge in [0.2, 0.25) is 0 Å². The highest BCUT2D eigenvalue weighted by molar-refractivity contribution is 6.26. The first kappa shape index (κ1) is 26.4. The second-order valence-corrected chi connectivity index (χ2v) is 12.8. The second-order valence-electron chi connectivity index (χ2n) is 12.8. The molecule has 1 aliphatic rings. The monoisotopic (exact) mass is 623 g/mol. The number of nitrogens with zero attached hydrogens (tertiary/aromatic N) is 3. The molecule has 226 valence electrons. The molecule has 0 atom stereocenters. The molecule has 0 radical (unpaired) electrons. The average Bonchev–Trinajstić information content (AvgIpc) is 3.17. The van der Waals surface area contributed by atoms with Gasteiger partial charge in [-0.25, -0.2) is 15.0 Å². The van der Waals surface area contributed by atoms with Gasteiger partial charge in [0, 0.05) is 27.3 Å². The first-order valence-corrected chi connectivity index (χ1v) is 16.5. The SMILES string of the molecule is c1ccc(-c2nc(-c3ccc4c(ccc5c6ccccc6ccc45)c3)nc(-c3ccc4ccc5ccc6cccc7c6c5c4c3O7)n2)cc1. The van der Waals surface area contributed by atoms with Gasteiger partial charge in [0.15, 0.2) is 17.5 Å². The predicted octanol–water partition coefficient (Wildman–Crippen LogP) is 11.9. The summed E-state index contributed by atoms with van der Waals surface area (Å²) in [6, 6.07) is 53.3. The van der Waals surface area contributed by atoms with E-state index in [1.54, 1.807) is 0 Å². The molecule has 0 amide bonds. The summed E-state index contributed by atoms with van der Waals surface area (Å²) in [5, 5.41) is 14.3. The number of hydrogen-bond donors (Lipinski definition) is 0. The maximum Gasteiger partial charge on any atom is 0.167 e. The third-order valence-electron chi connectivity index (χ3n) is 10.0. The first-order chi connectivity index (χ1) is 24.3. The highest BCUT2D eigenvalue weighted by Gasteiger charge is 2.24. The van der Waals surface area contributed by atoms with Gasteiger partial charge in [0.25, 0.3) is 0 Å². The number of hydrogen-bond acceptors (Lipinski definition) is 4. The van der Waals surface area contributed by atoms with E-state index in [1.165, 1.54) is 43.1 Å². The lowest BCUT2D eigenvalue weighted by Gasteiger charge is -2.22. The zero-order valence-electron chi connectivity index (χ0n) is 26.2. The Labute approximate surface area is 280 Å². The topological polar surface area (TPSA) is 47.9 Å². The van der Waals surface area contributed by atoms with E-state index in [-0.39, 0.29) is 0 Å². The Balaban J connectivity index is 1.15. The highest BCUT2D eigenvalue weighted by atomic mass is 16.5. The van der Waals surface area contributed by atoms with E-state index < -0.39 is 0 Å². The van der Waals surface area contributed by atoms with Gasteiger partial charge in [0.05, 0.1) is 5.56 Å². The van der Waals surface area contributed by atoms with Crippen molar-refractivity contribution >= 4 is 64.6 Å². The van der Waals surface area contributed by atoms with E-state index in [4.69, 9.17) is 19.7 Å². The van der Waals surface area contributed by atoms with Crippen molar-refractivity contribution in [3.05, 3.63) is 152 Å². The summed E-state index contributed by atoms with van der Waals surface area (Å²) in [6.07, 6.45) is 0. The van der Waals surface area contributed by atoms with Crippen molar-refractivity contribution in [3.63, 3.8) is 0 Å². The van der Waals surface area contributed by atoms with Crippen molar-refractivity contribution in [2.75, 3.05) is 0 Å². The van der Waals surface area contributed by atoms with Crippen LogP contribution in [0.15, 0.2) is 152 Å². The molecular weight excluding hydrogens is 599 g/mol. The molecular formula is C45H25N3O. The number of ether oxygens (including phenoxy) is 1. The van der Waals surface area contributed by atoms with Gasteiger partial charge in [-0.15, -0.1) is 0 Å². The van der Waals surface area contributed by atoms with Crippen LogP contribution in [0.3, 0.4) is 0 Å². The lowest BCUT2D eigenvalue weighted by molar-refractivity contribution is 0.494. The molecule has 0 fully saturated rings. The van der Waals surface area contributed by atoms with Crippen LogP contribution in [0.25, 0.3) is 98.8 Å². The molecule has 0 aliphatic carbocycles. The fraction of sp³-hybridized carbons (Fsp3) is 0. The van der Waals surface area contributed by atoms with Crippen LogP contribution in [-0.4, -0.2) is 15.0 Å². The summed E-state index contributed by atoms with van der Waals surface area (Å²) in [7, 11) is 0. The molecule has 2 heterocycles. The summed E-state index contributed by atoms with van der Waals surface area (Å²) in [4.78, 5) is 15.3. The fourth-order valence-corrected chi connectivity index (χ4v) is 7.73. The standard InChI is InChI=1S/C45H25N3O/c1-2-8-30(9-3-1)43-46-44(32-20-21-34-31(25-32)19-23-35-33-11-5-4-7-26(33)17-22-36(34)35)48-45(47-43)37-24-18-29-16-15-28-14-13-27-10-6-12-38-39(27)40(28)41(29)42(37)49-38/h1-25H. The highest BCUT2D eigenvalue weighted by Crippen LogP contribution is 2.50. The molecule has 0 saturated heterocycles.